The second-order valence-corrected chi connectivity index (χ2v) is 8.32. The molecule has 0 spiro atoms. The minimum absolute atomic E-state index is 0.0501. The quantitative estimate of drug-likeness (QED) is 0.856. The Bertz CT molecular complexity index is 755. The molecule has 5 nitrogen and oxygen atoms in total. The van der Waals surface area contributed by atoms with Crippen molar-refractivity contribution < 1.29 is 12.9 Å². The van der Waals surface area contributed by atoms with Crippen molar-refractivity contribution in [3.05, 3.63) is 41.1 Å². The van der Waals surface area contributed by atoms with E-state index in [1.165, 1.54) is 0 Å². The highest BCUT2D eigenvalue weighted by Gasteiger charge is 2.30. The fourth-order valence-electron chi connectivity index (χ4n) is 2.64. The van der Waals surface area contributed by atoms with Crippen LogP contribution in [0.4, 0.5) is 0 Å². The van der Waals surface area contributed by atoms with E-state index < -0.39 is 9.84 Å². The third-order valence-corrected chi connectivity index (χ3v) is 5.94. The molecule has 2 heterocycles. The van der Waals surface area contributed by atoms with Crippen LogP contribution in [0.2, 0.25) is 5.02 Å². The molecule has 0 radical (unpaired) electrons. The van der Waals surface area contributed by atoms with E-state index in [1.54, 1.807) is 12.1 Å². The van der Waals surface area contributed by atoms with Crippen molar-refractivity contribution in [2.75, 3.05) is 18.6 Å². The van der Waals surface area contributed by atoms with Gasteiger partial charge in [0, 0.05) is 22.7 Å². The first-order chi connectivity index (χ1) is 10.4. The molecule has 1 saturated heterocycles. The molecule has 2 aromatic rings. The molecule has 3 rings (SSSR count). The molecule has 1 aromatic carbocycles. The third-order valence-electron chi connectivity index (χ3n) is 3.94. The monoisotopic (exact) mass is 340 g/mol. The zero-order chi connectivity index (χ0) is 15.7. The fourth-order valence-corrected chi connectivity index (χ4v) is 4.57. The van der Waals surface area contributed by atoms with E-state index in [2.05, 4.69) is 5.16 Å². The Morgan fingerprint density at radius 3 is 2.73 bits per heavy atom. The van der Waals surface area contributed by atoms with Crippen molar-refractivity contribution >= 4 is 21.4 Å². The lowest BCUT2D eigenvalue weighted by atomic mass is 10.1. The zero-order valence-corrected chi connectivity index (χ0v) is 13.8. The molecular weight excluding hydrogens is 324 g/mol. The van der Waals surface area contributed by atoms with Gasteiger partial charge < -0.3 is 4.52 Å². The number of nitrogens with zero attached hydrogens (tertiary/aromatic N) is 2. The smallest absolute Gasteiger partial charge is 0.151 e. The van der Waals surface area contributed by atoms with Crippen molar-refractivity contribution in [3.63, 3.8) is 0 Å². The zero-order valence-electron chi connectivity index (χ0n) is 12.2. The summed E-state index contributed by atoms with van der Waals surface area (Å²) in [6, 6.07) is 9.31. The standard InChI is InChI=1S/C15H17ClN2O3S/c1-18(13-6-7-22(19,20)10-13)9-14-8-15(17-21-14)11-2-4-12(16)5-3-11/h2-5,8,13H,6-7,9-10H2,1H3. The van der Waals surface area contributed by atoms with Gasteiger partial charge in [-0.15, -0.1) is 0 Å². The van der Waals surface area contributed by atoms with Gasteiger partial charge in [0.15, 0.2) is 15.6 Å². The van der Waals surface area contributed by atoms with Crippen molar-refractivity contribution in [2.45, 2.75) is 19.0 Å². The van der Waals surface area contributed by atoms with Crippen LogP contribution in [0.15, 0.2) is 34.9 Å². The van der Waals surface area contributed by atoms with Crippen LogP contribution in [0.5, 0.6) is 0 Å². The highest BCUT2D eigenvalue weighted by atomic mass is 35.5. The van der Waals surface area contributed by atoms with E-state index in [0.29, 0.717) is 18.0 Å². The molecule has 0 saturated carbocycles. The summed E-state index contributed by atoms with van der Waals surface area (Å²) in [6.07, 6.45) is 0.678. The van der Waals surface area contributed by atoms with Crippen LogP contribution in [-0.2, 0) is 16.4 Å². The van der Waals surface area contributed by atoms with Gasteiger partial charge in [-0.1, -0.05) is 28.9 Å². The number of sulfone groups is 1. The molecule has 22 heavy (non-hydrogen) atoms. The number of benzene rings is 1. The summed E-state index contributed by atoms with van der Waals surface area (Å²) in [7, 11) is -0.962. The number of aromatic nitrogens is 1. The maximum absolute atomic E-state index is 11.5. The summed E-state index contributed by atoms with van der Waals surface area (Å²) in [5, 5.41) is 4.74. The summed E-state index contributed by atoms with van der Waals surface area (Å²) in [4.78, 5) is 2.01. The minimum Gasteiger partial charge on any atom is -0.359 e. The van der Waals surface area contributed by atoms with Crippen LogP contribution >= 0.6 is 11.6 Å². The highest BCUT2D eigenvalue weighted by molar-refractivity contribution is 7.91. The molecule has 0 N–H and O–H groups in total. The lowest BCUT2D eigenvalue weighted by molar-refractivity contribution is 0.222. The Balaban J connectivity index is 1.68. The van der Waals surface area contributed by atoms with Gasteiger partial charge in [0.05, 0.1) is 18.1 Å². The second kappa shape index (κ2) is 6.02. The van der Waals surface area contributed by atoms with E-state index in [0.717, 1.165) is 17.0 Å². The third kappa shape index (κ3) is 3.51. The average Bonchev–Trinajstić information content (AvgIpc) is 3.06. The van der Waals surface area contributed by atoms with Crippen molar-refractivity contribution in [1.82, 2.24) is 10.1 Å². The normalized spacial score (nSPS) is 20.6. The minimum atomic E-state index is -2.88. The fraction of sp³-hybridized carbons (Fsp3) is 0.400. The van der Waals surface area contributed by atoms with Gasteiger partial charge in [0.2, 0.25) is 0 Å². The first kappa shape index (κ1) is 15.5. The molecule has 0 bridgehead atoms. The Morgan fingerprint density at radius 2 is 2.09 bits per heavy atom. The summed E-state index contributed by atoms with van der Waals surface area (Å²) >= 11 is 5.87. The van der Waals surface area contributed by atoms with Crippen LogP contribution in [0.3, 0.4) is 0 Å². The Kier molecular flexibility index (Phi) is 4.25. The molecule has 1 atom stereocenters. The van der Waals surface area contributed by atoms with Gasteiger partial charge in [-0.05, 0) is 25.6 Å². The van der Waals surface area contributed by atoms with E-state index in [1.807, 2.05) is 30.1 Å². The van der Waals surface area contributed by atoms with Gasteiger partial charge in [-0.25, -0.2) is 8.42 Å². The summed E-state index contributed by atoms with van der Waals surface area (Å²) in [5.41, 5.74) is 1.68. The maximum Gasteiger partial charge on any atom is 0.151 e. The van der Waals surface area contributed by atoms with Crippen LogP contribution in [-0.4, -0.2) is 43.1 Å². The lowest BCUT2D eigenvalue weighted by Gasteiger charge is -2.21. The molecule has 118 valence electrons. The van der Waals surface area contributed by atoms with Gasteiger partial charge in [-0.2, -0.15) is 0 Å². The van der Waals surface area contributed by atoms with Crippen LogP contribution in [0, 0.1) is 0 Å². The molecular formula is C15H17ClN2O3S. The molecule has 0 amide bonds. The van der Waals surface area contributed by atoms with Gasteiger partial charge >= 0.3 is 0 Å². The van der Waals surface area contributed by atoms with E-state index in [4.69, 9.17) is 16.1 Å². The molecule has 1 aromatic heterocycles. The summed E-state index contributed by atoms with van der Waals surface area (Å²) in [5.74, 6) is 1.22. The molecule has 1 fully saturated rings. The van der Waals surface area contributed by atoms with Crippen LogP contribution in [0.1, 0.15) is 12.2 Å². The summed E-state index contributed by atoms with van der Waals surface area (Å²) < 4.78 is 28.4. The second-order valence-electron chi connectivity index (χ2n) is 5.66. The Morgan fingerprint density at radius 1 is 1.36 bits per heavy atom. The van der Waals surface area contributed by atoms with Gasteiger partial charge in [0.1, 0.15) is 5.69 Å². The summed E-state index contributed by atoms with van der Waals surface area (Å²) in [6.45, 7) is 0.542. The van der Waals surface area contributed by atoms with E-state index in [-0.39, 0.29) is 17.5 Å². The van der Waals surface area contributed by atoms with Crippen molar-refractivity contribution in [3.8, 4) is 11.3 Å². The largest absolute Gasteiger partial charge is 0.359 e. The van der Waals surface area contributed by atoms with Crippen LogP contribution in [0.25, 0.3) is 11.3 Å². The Labute approximate surface area is 134 Å². The molecule has 1 unspecified atom stereocenters. The molecule has 0 aliphatic carbocycles. The van der Waals surface area contributed by atoms with E-state index >= 15 is 0 Å². The maximum atomic E-state index is 11.5. The number of hydrogen-bond donors (Lipinski definition) is 0. The van der Waals surface area contributed by atoms with E-state index in [9.17, 15) is 8.42 Å². The molecule has 7 heteroatoms. The number of rotatable bonds is 4. The SMILES string of the molecule is CN(Cc1cc(-c2ccc(Cl)cc2)no1)C1CCS(=O)(=O)C1. The average molecular weight is 341 g/mol. The Hall–Kier alpha value is -1.37. The van der Waals surface area contributed by atoms with Gasteiger partial charge in [-0.3, -0.25) is 4.90 Å². The lowest BCUT2D eigenvalue weighted by Crippen LogP contribution is -2.31. The predicted octanol–water partition coefficient (Wildman–Crippen LogP) is 2.61. The first-order valence-corrected chi connectivity index (χ1v) is 9.25. The number of hydrogen-bond acceptors (Lipinski definition) is 5. The van der Waals surface area contributed by atoms with Gasteiger partial charge in [0.25, 0.3) is 0 Å². The first-order valence-electron chi connectivity index (χ1n) is 7.05. The van der Waals surface area contributed by atoms with Crippen molar-refractivity contribution in [1.29, 1.82) is 0 Å². The molecule has 1 aliphatic heterocycles. The highest BCUT2D eigenvalue weighted by Crippen LogP contribution is 2.23. The molecule has 1 aliphatic rings. The topological polar surface area (TPSA) is 63.4 Å². The predicted molar refractivity (Wildman–Crippen MR) is 85.5 cm³/mol. The number of halogens is 1. The van der Waals surface area contributed by atoms with Crippen LogP contribution < -0.4 is 0 Å². The van der Waals surface area contributed by atoms with Crippen molar-refractivity contribution in [2.24, 2.45) is 0 Å².